The quantitative estimate of drug-likeness (QED) is 0.518. The lowest BCUT2D eigenvalue weighted by Gasteiger charge is -2.35. The van der Waals surface area contributed by atoms with E-state index in [9.17, 15) is 9.59 Å². The van der Waals surface area contributed by atoms with Crippen molar-refractivity contribution in [2.75, 3.05) is 18.4 Å². The molecule has 0 bridgehead atoms. The minimum absolute atomic E-state index is 0.0913. The molecule has 166 valence electrons. The van der Waals surface area contributed by atoms with Crippen molar-refractivity contribution in [3.63, 3.8) is 0 Å². The highest BCUT2D eigenvalue weighted by Crippen LogP contribution is 2.24. The van der Waals surface area contributed by atoms with Gasteiger partial charge in [0.1, 0.15) is 6.04 Å². The molecule has 0 aliphatic carbocycles. The van der Waals surface area contributed by atoms with E-state index < -0.39 is 12.1 Å². The molecule has 0 aromatic heterocycles. The van der Waals surface area contributed by atoms with Crippen LogP contribution in [0.25, 0.3) is 0 Å². The van der Waals surface area contributed by atoms with Crippen molar-refractivity contribution in [1.82, 2.24) is 15.5 Å². The monoisotopic (exact) mass is 506 g/mol. The Morgan fingerprint density at radius 3 is 2.32 bits per heavy atom. The van der Waals surface area contributed by atoms with Crippen LogP contribution < -0.4 is 16.0 Å². The molecule has 1 atom stereocenters. The summed E-state index contributed by atoms with van der Waals surface area (Å²) in [5.74, 6) is -0.221. The molecule has 1 heterocycles. The second-order valence-electron chi connectivity index (χ2n) is 7.97. The second kappa shape index (κ2) is 11.0. The highest BCUT2D eigenvalue weighted by atomic mass is 79.9. The molecule has 2 aromatic rings. The topological polar surface area (TPSA) is 73.5 Å². The molecule has 0 radical (unpaired) electrons. The number of amides is 3. The Labute approximate surface area is 196 Å². The Balaban J connectivity index is 1.69. The summed E-state index contributed by atoms with van der Waals surface area (Å²) >= 11 is 9.41. The predicted molar refractivity (Wildman–Crippen MR) is 128 cm³/mol. The Morgan fingerprint density at radius 1 is 1.06 bits per heavy atom. The van der Waals surface area contributed by atoms with E-state index >= 15 is 0 Å². The zero-order chi connectivity index (χ0) is 22.4. The minimum Gasteiger partial charge on any atom is -0.351 e. The number of carbonyl (C=O) groups excluding carboxylic acids is 2. The summed E-state index contributed by atoms with van der Waals surface area (Å²) < 4.78 is 0.761. The fourth-order valence-corrected chi connectivity index (χ4v) is 4.31. The summed E-state index contributed by atoms with van der Waals surface area (Å²) in [5.41, 5.74) is 1.29. The first-order chi connectivity index (χ1) is 14.8. The van der Waals surface area contributed by atoms with Crippen molar-refractivity contribution in [2.24, 2.45) is 0 Å². The molecule has 2 aromatic carbocycles. The van der Waals surface area contributed by atoms with Crippen LogP contribution in [0.2, 0.25) is 5.02 Å². The van der Waals surface area contributed by atoms with Crippen molar-refractivity contribution in [3.8, 4) is 0 Å². The first kappa shape index (κ1) is 23.6. The Kier molecular flexibility index (Phi) is 8.35. The number of halogens is 2. The molecule has 1 saturated heterocycles. The van der Waals surface area contributed by atoms with E-state index in [2.05, 4.69) is 50.6 Å². The van der Waals surface area contributed by atoms with Crippen LogP contribution in [0.15, 0.2) is 53.0 Å². The molecule has 3 N–H and O–H groups in total. The maximum atomic E-state index is 13.2. The third kappa shape index (κ3) is 6.69. The average molecular weight is 508 g/mol. The number of hydrogen-bond donors (Lipinski definition) is 3. The first-order valence-corrected chi connectivity index (χ1v) is 11.6. The number of likely N-dealkylation sites (tertiary alicyclic amines) is 1. The molecule has 1 fully saturated rings. The van der Waals surface area contributed by atoms with Gasteiger partial charge >= 0.3 is 6.03 Å². The van der Waals surface area contributed by atoms with Gasteiger partial charge in [0.05, 0.1) is 0 Å². The Hall–Kier alpha value is -2.09. The fraction of sp³-hybridized carbons (Fsp3) is 0.391. The second-order valence-corrected chi connectivity index (χ2v) is 9.26. The highest BCUT2D eigenvalue weighted by Gasteiger charge is 2.28. The lowest BCUT2D eigenvalue weighted by atomic mass is 10.0. The van der Waals surface area contributed by atoms with Gasteiger partial charge in [0, 0.05) is 40.4 Å². The van der Waals surface area contributed by atoms with Crippen molar-refractivity contribution in [1.29, 1.82) is 0 Å². The molecule has 0 spiro atoms. The molecule has 8 heteroatoms. The van der Waals surface area contributed by atoms with Gasteiger partial charge in [-0.1, -0.05) is 45.7 Å². The number of piperidine rings is 1. The standard InChI is InChI=1S/C23H28BrClN4O2/c1-15(2)29-13-11-18(12-14-29)26-22(30)21(19-5-3-4-6-20(19)24)28-23(31)27-17-9-7-16(25)8-10-17/h3-10,15,18,21H,11-14H2,1-2H3,(H,26,30)(H2,27,28,31). The van der Waals surface area contributed by atoms with E-state index in [1.54, 1.807) is 24.3 Å². The van der Waals surface area contributed by atoms with Crippen LogP contribution in [0.5, 0.6) is 0 Å². The van der Waals surface area contributed by atoms with E-state index in [4.69, 9.17) is 11.6 Å². The van der Waals surface area contributed by atoms with Gasteiger partial charge in [-0.05, 0) is 62.6 Å². The lowest BCUT2D eigenvalue weighted by Crippen LogP contribution is -2.50. The van der Waals surface area contributed by atoms with Gasteiger partial charge < -0.3 is 20.9 Å². The van der Waals surface area contributed by atoms with Crippen LogP contribution in [0.4, 0.5) is 10.5 Å². The third-order valence-electron chi connectivity index (χ3n) is 5.46. The van der Waals surface area contributed by atoms with Crippen LogP contribution in [0.1, 0.15) is 38.3 Å². The minimum atomic E-state index is -0.828. The van der Waals surface area contributed by atoms with Crippen molar-refractivity contribution < 1.29 is 9.59 Å². The normalized spacial score (nSPS) is 16.0. The number of anilines is 1. The maximum absolute atomic E-state index is 13.2. The van der Waals surface area contributed by atoms with E-state index in [1.165, 1.54) is 0 Å². The van der Waals surface area contributed by atoms with E-state index in [1.807, 2.05) is 24.3 Å². The molecular weight excluding hydrogens is 480 g/mol. The van der Waals surface area contributed by atoms with Crippen LogP contribution in [-0.2, 0) is 4.79 Å². The molecule has 0 saturated carbocycles. The number of rotatable bonds is 6. The molecule has 1 aliphatic heterocycles. The number of benzene rings is 2. The van der Waals surface area contributed by atoms with Gasteiger partial charge in [0.25, 0.3) is 0 Å². The lowest BCUT2D eigenvalue weighted by molar-refractivity contribution is -0.124. The van der Waals surface area contributed by atoms with Gasteiger partial charge in [-0.3, -0.25) is 4.79 Å². The first-order valence-electron chi connectivity index (χ1n) is 10.5. The number of carbonyl (C=O) groups is 2. The van der Waals surface area contributed by atoms with Crippen LogP contribution >= 0.6 is 27.5 Å². The van der Waals surface area contributed by atoms with Gasteiger partial charge in [0.2, 0.25) is 5.91 Å². The molecule has 1 aliphatic rings. The number of hydrogen-bond acceptors (Lipinski definition) is 3. The highest BCUT2D eigenvalue weighted by molar-refractivity contribution is 9.10. The third-order valence-corrected chi connectivity index (χ3v) is 6.44. The van der Waals surface area contributed by atoms with Crippen LogP contribution in [0, 0.1) is 0 Å². The smallest absolute Gasteiger partial charge is 0.320 e. The van der Waals surface area contributed by atoms with E-state index in [-0.39, 0.29) is 11.9 Å². The van der Waals surface area contributed by atoms with Crippen molar-refractivity contribution >= 4 is 45.2 Å². The Morgan fingerprint density at radius 2 is 1.71 bits per heavy atom. The van der Waals surface area contributed by atoms with Gasteiger partial charge in [-0.25, -0.2) is 4.79 Å². The molecule has 31 heavy (non-hydrogen) atoms. The van der Waals surface area contributed by atoms with Crippen molar-refractivity contribution in [2.45, 2.75) is 44.8 Å². The number of urea groups is 1. The number of nitrogens with one attached hydrogen (secondary N) is 3. The molecule has 3 amide bonds. The van der Waals surface area contributed by atoms with E-state index in [0.29, 0.717) is 22.3 Å². The summed E-state index contributed by atoms with van der Waals surface area (Å²) in [5, 5.41) is 9.29. The predicted octanol–water partition coefficient (Wildman–Crippen LogP) is 4.95. The summed E-state index contributed by atoms with van der Waals surface area (Å²) in [4.78, 5) is 28.3. The molecule has 6 nitrogen and oxygen atoms in total. The zero-order valence-corrected chi connectivity index (χ0v) is 20.0. The average Bonchev–Trinajstić information content (AvgIpc) is 2.74. The van der Waals surface area contributed by atoms with Crippen LogP contribution in [0.3, 0.4) is 0 Å². The fourth-order valence-electron chi connectivity index (χ4n) is 3.67. The molecule has 3 rings (SSSR count). The summed E-state index contributed by atoms with van der Waals surface area (Å²) in [7, 11) is 0. The molecule has 1 unspecified atom stereocenters. The maximum Gasteiger partial charge on any atom is 0.320 e. The molecular formula is C23H28BrClN4O2. The largest absolute Gasteiger partial charge is 0.351 e. The van der Waals surface area contributed by atoms with Gasteiger partial charge in [0.15, 0.2) is 0 Å². The zero-order valence-electron chi connectivity index (χ0n) is 17.7. The summed E-state index contributed by atoms with van der Waals surface area (Å²) in [6, 6.07) is 13.5. The SMILES string of the molecule is CC(C)N1CCC(NC(=O)C(NC(=O)Nc2ccc(Cl)cc2)c2ccccc2Br)CC1. The van der Waals surface area contributed by atoms with Crippen LogP contribution in [-0.4, -0.2) is 42.0 Å². The van der Waals surface area contributed by atoms with Gasteiger partial charge in [-0.2, -0.15) is 0 Å². The number of nitrogens with zero attached hydrogens (tertiary/aromatic N) is 1. The summed E-state index contributed by atoms with van der Waals surface area (Å²) in [6.07, 6.45) is 1.78. The Bertz CT molecular complexity index is 899. The summed E-state index contributed by atoms with van der Waals surface area (Å²) in [6.45, 7) is 6.27. The van der Waals surface area contributed by atoms with Crippen molar-refractivity contribution in [3.05, 3.63) is 63.6 Å². The van der Waals surface area contributed by atoms with E-state index in [0.717, 1.165) is 30.4 Å². The van der Waals surface area contributed by atoms with Gasteiger partial charge in [-0.15, -0.1) is 0 Å².